The Morgan fingerprint density at radius 3 is 2.67 bits per heavy atom. The summed E-state index contributed by atoms with van der Waals surface area (Å²) in [6, 6.07) is 0. The van der Waals surface area contributed by atoms with E-state index in [1.54, 1.807) is 6.20 Å². The summed E-state index contributed by atoms with van der Waals surface area (Å²) in [6.07, 6.45) is 5.74. The number of nitrogens with one attached hydrogen (secondary N) is 2. The minimum Gasteiger partial charge on any atom is -0.370 e. The van der Waals surface area contributed by atoms with Gasteiger partial charge in [0.05, 0.1) is 0 Å². The van der Waals surface area contributed by atoms with E-state index in [9.17, 15) is 0 Å². The summed E-state index contributed by atoms with van der Waals surface area (Å²) < 4.78 is 0. The van der Waals surface area contributed by atoms with Crippen molar-refractivity contribution >= 4 is 5.96 Å². The van der Waals surface area contributed by atoms with Gasteiger partial charge in [-0.15, -0.1) is 0 Å². The quantitative estimate of drug-likeness (QED) is 0.467. The van der Waals surface area contributed by atoms with Crippen LogP contribution in [-0.4, -0.2) is 24.7 Å². The van der Waals surface area contributed by atoms with E-state index >= 15 is 0 Å². The molecule has 2 rings (SSSR count). The first-order chi connectivity index (χ1) is 7.06. The number of piperidine rings is 1. The molecule has 0 spiro atoms. The van der Waals surface area contributed by atoms with E-state index < -0.39 is 5.66 Å². The molecule has 5 nitrogen and oxygen atoms in total. The highest BCUT2D eigenvalue weighted by Crippen LogP contribution is 2.40. The van der Waals surface area contributed by atoms with Gasteiger partial charge >= 0.3 is 0 Å². The minimum atomic E-state index is -0.662. The Hall–Kier alpha value is -1.07. The zero-order chi connectivity index (χ0) is 10.9. The molecule has 1 atom stereocenters. The van der Waals surface area contributed by atoms with E-state index in [1.807, 2.05) is 6.08 Å². The summed E-state index contributed by atoms with van der Waals surface area (Å²) in [7, 11) is 0. The predicted molar refractivity (Wildman–Crippen MR) is 61.0 cm³/mol. The Bertz CT molecular complexity index is 303. The molecule has 15 heavy (non-hydrogen) atoms. The van der Waals surface area contributed by atoms with Crippen LogP contribution in [0.2, 0.25) is 0 Å². The Labute approximate surface area is 90.0 Å². The molecule has 5 heteroatoms. The van der Waals surface area contributed by atoms with E-state index in [0.717, 1.165) is 25.9 Å². The standard InChI is InChI=1S/C10H19N5/c1-9(2-5-13-6-3-9)10(12)4-7-14-8(11)15-10/h4,7,13H,2-3,5-6,12H2,1H3,(H3,11,14,15). The van der Waals surface area contributed by atoms with Crippen molar-refractivity contribution in [3.63, 3.8) is 0 Å². The van der Waals surface area contributed by atoms with Gasteiger partial charge in [0.25, 0.3) is 0 Å². The molecule has 0 radical (unpaired) electrons. The van der Waals surface area contributed by atoms with E-state index in [0.29, 0.717) is 5.96 Å². The zero-order valence-corrected chi connectivity index (χ0v) is 9.09. The Kier molecular flexibility index (Phi) is 2.44. The normalized spacial score (nSPS) is 34.4. The summed E-state index contributed by atoms with van der Waals surface area (Å²) in [6.45, 7) is 4.17. The largest absolute Gasteiger partial charge is 0.370 e. The maximum Gasteiger partial charge on any atom is 0.194 e. The van der Waals surface area contributed by atoms with E-state index in [4.69, 9.17) is 11.5 Å². The third kappa shape index (κ3) is 1.72. The van der Waals surface area contributed by atoms with Crippen LogP contribution in [0.1, 0.15) is 19.8 Å². The summed E-state index contributed by atoms with van der Waals surface area (Å²) in [5.41, 5.74) is 11.3. The fourth-order valence-corrected chi connectivity index (χ4v) is 2.24. The molecule has 0 aromatic carbocycles. The van der Waals surface area contributed by atoms with Gasteiger partial charge in [-0.25, -0.2) is 4.99 Å². The smallest absolute Gasteiger partial charge is 0.194 e. The summed E-state index contributed by atoms with van der Waals surface area (Å²) in [5, 5.41) is 6.18. The van der Waals surface area contributed by atoms with Gasteiger partial charge in [0.15, 0.2) is 5.96 Å². The molecule has 0 aromatic heterocycles. The van der Waals surface area contributed by atoms with Crippen molar-refractivity contribution in [2.45, 2.75) is 25.4 Å². The Balaban J connectivity index is 2.26. The fourth-order valence-electron chi connectivity index (χ4n) is 2.24. The number of guanidine groups is 1. The van der Waals surface area contributed by atoms with E-state index in [-0.39, 0.29) is 5.41 Å². The summed E-state index contributed by atoms with van der Waals surface area (Å²) >= 11 is 0. The highest BCUT2D eigenvalue weighted by molar-refractivity contribution is 5.80. The molecular weight excluding hydrogens is 190 g/mol. The summed E-state index contributed by atoms with van der Waals surface area (Å²) in [5.74, 6) is 0.403. The van der Waals surface area contributed by atoms with Crippen LogP contribution in [0.4, 0.5) is 0 Å². The number of aliphatic imine (C=N–C) groups is 1. The second kappa shape index (κ2) is 3.50. The van der Waals surface area contributed by atoms with E-state index in [1.165, 1.54) is 0 Å². The van der Waals surface area contributed by atoms with Crippen molar-refractivity contribution in [3.8, 4) is 0 Å². The molecular formula is C10H19N5. The number of nitrogens with zero attached hydrogens (tertiary/aromatic N) is 1. The van der Waals surface area contributed by atoms with Gasteiger partial charge in [0.1, 0.15) is 5.66 Å². The second-order valence-electron chi connectivity index (χ2n) is 4.61. The van der Waals surface area contributed by atoms with Gasteiger partial charge in [-0.05, 0) is 32.0 Å². The van der Waals surface area contributed by atoms with Gasteiger partial charge < -0.3 is 22.1 Å². The molecule has 84 valence electrons. The molecule has 2 aliphatic heterocycles. The van der Waals surface area contributed by atoms with Crippen molar-refractivity contribution in [1.82, 2.24) is 10.6 Å². The molecule has 2 heterocycles. The molecule has 1 fully saturated rings. The molecule has 0 amide bonds. The van der Waals surface area contributed by atoms with Crippen LogP contribution < -0.4 is 22.1 Å². The van der Waals surface area contributed by atoms with Gasteiger partial charge in [-0.3, -0.25) is 0 Å². The Morgan fingerprint density at radius 2 is 2.07 bits per heavy atom. The highest BCUT2D eigenvalue weighted by atomic mass is 15.2. The maximum atomic E-state index is 6.34. The molecule has 0 aromatic rings. The minimum absolute atomic E-state index is 0.0124. The first kappa shape index (κ1) is 10.4. The Morgan fingerprint density at radius 1 is 1.40 bits per heavy atom. The molecule has 6 N–H and O–H groups in total. The van der Waals surface area contributed by atoms with Crippen molar-refractivity contribution < 1.29 is 0 Å². The molecule has 1 unspecified atom stereocenters. The first-order valence-corrected chi connectivity index (χ1v) is 5.35. The monoisotopic (exact) mass is 209 g/mol. The lowest BCUT2D eigenvalue weighted by Gasteiger charge is -2.45. The average molecular weight is 209 g/mol. The van der Waals surface area contributed by atoms with Crippen LogP contribution >= 0.6 is 0 Å². The first-order valence-electron chi connectivity index (χ1n) is 5.35. The van der Waals surface area contributed by atoms with Crippen molar-refractivity contribution in [2.75, 3.05) is 13.1 Å². The predicted octanol–water partition coefficient (Wildman–Crippen LogP) is -0.537. The van der Waals surface area contributed by atoms with Crippen LogP contribution in [0.3, 0.4) is 0 Å². The van der Waals surface area contributed by atoms with Gasteiger partial charge in [0.2, 0.25) is 0 Å². The lowest BCUT2D eigenvalue weighted by atomic mass is 9.70. The third-order valence-corrected chi connectivity index (χ3v) is 3.55. The second-order valence-corrected chi connectivity index (χ2v) is 4.61. The highest BCUT2D eigenvalue weighted by Gasteiger charge is 2.45. The summed E-state index contributed by atoms with van der Waals surface area (Å²) in [4.78, 5) is 4.36. The SMILES string of the molecule is CC1(C2(N)C=CNC(N)=N2)CCNCC1. The van der Waals surface area contributed by atoms with E-state index in [2.05, 4.69) is 22.5 Å². The van der Waals surface area contributed by atoms with Crippen LogP contribution in [0.5, 0.6) is 0 Å². The van der Waals surface area contributed by atoms with Gasteiger partial charge in [-0.2, -0.15) is 0 Å². The molecule has 0 saturated carbocycles. The number of rotatable bonds is 1. The topological polar surface area (TPSA) is 88.5 Å². The van der Waals surface area contributed by atoms with Crippen LogP contribution in [0.15, 0.2) is 17.3 Å². The molecule has 0 bridgehead atoms. The van der Waals surface area contributed by atoms with Gasteiger partial charge in [-0.1, -0.05) is 6.92 Å². The number of hydrogen-bond donors (Lipinski definition) is 4. The van der Waals surface area contributed by atoms with Crippen LogP contribution in [-0.2, 0) is 0 Å². The van der Waals surface area contributed by atoms with Crippen molar-refractivity contribution in [3.05, 3.63) is 12.3 Å². The third-order valence-electron chi connectivity index (χ3n) is 3.55. The number of nitrogens with two attached hydrogens (primary N) is 2. The maximum absolute atomic E-state index is 6.34. The molecule has 1 saturated heterocycles. The zero-order valence-electron chi connectivity index (χ0n) is 9.09. The lowest BCUT2D eigenvalue weighted by Crippen LogP contribution is -2.58. The average Bonchev–Trinajstić information content (AvgIpc) is 2.18. The van der Waals surface area contributed by atoms with Gasteiger partial charge in [0, 0.05) is 11.6 Å². The lowest BCUT2D eigenvalue weighted by molar-refractivity contribution is 0.134. The van der Waals surface area contributed by atoms with Crippen LogP contribution in [0.25, 0.3) is 0 Å². The molecule has 2 aliphatic rings. The number of hydrogen-bond acceptors (Lipinski definition) is 5. The van der Waals surface area contributed by atoms with Crippen molar-refractivity contribution in [1.29, 1.82) is 0 Å². The van der Waals surface area contributed by atoms with Crippen molar-refractivity contribution in [2.24, 2.45) is 21.9 Å². The fraction of sp³-hybridized carbons (Fsp3) is 0.700. The van der Waals surface area contributed by atoms with Crippen LogP contribution in [0, 0.1) is 5.41 Å². The molecule has 0 aliphatic carbocycles.